The van der Waals surface area contributed by atoms with Crippen molar-refractivity contribution in [3.63, 3.8) is 0 Å². The lowest BCUT2D eigenvalue weighted by Crippen LogP contribution is -2.00. The predicted molar refractivity (Wildman–Crippen MR) is 65.4 cm³/mol. The molecule has 0 saturated heterocycles. The summed E-state index contributed by atoms with van der Waals surface area (Å²) in [6.45, 7) is -0.174. The highest BCUT2D eigenvalue weighted by Gasteiger charge is 2.13. The quantitative estimate of drug-likeness (QED) is 0.909. The van der Waals surface area contributed by atoms with Crippen molar-refractivity contribution in [2.24, 2.45) is 0 Å². The van der Waals surface area contributed by atoms with Crippen LogP contribution in [0.4, 0.5) is 0 Å². The smallest absolute Gasteiger partial charge is 0.146 e. The van der Waals surface area contributed by atoms with E-state index in [0.717, 1.165) is 0 Å². The van der Waals surface area contributed by atoms with Crippen LogP contribution in [0.1, 0.15) is 5.69 Å². The van der Waals surface area contributed by atoms with Crippen molar-refractivity contribution in [1.29, 1.82) is 0 Å². The summed E-state index contributed by atoms with van der Waals surface area (Å²) in [7, 11) is 3.06. The van der Waals surface area contributed by atoms with Crippen molar-refractivity contribution in [1.82, 2.24) is 15.0 Å². The maximum Gasteiger partial charge on any atom is 0.146 e. The third-order valence-corrected chi connectivity index (χ3v) is 2.70. The van der Waals surface area contributed by atoms with Crippen molar-refractivity contribution >= 4 is 11.6 Å². The van der Waals surface area contributed by atoms with Crippen LogP contribution in [0, 0.1) is 0 Å². The molecule has 1 aromatic heterocycles. The summed E-state index contributed by atoms with van der Waals surface area (Å²) in [5.74, 6) is 1.05. The van der Waals surface area contributed by atoms with Gasteiger partial charge in [0.15, 0.2) is 0 Å². The lowest BCUT2D eigenvalue weighted by molar-refractivity contribution is 0.276. The van der Waals surface area contributed by atoms with Crippen LogP contribution in [0.2, 0.25) is 5.02 Å². The number of hydrogen-bond acceptors (Lipinski definition) is 5. The molecule has 0 aliphatic heterocycles. The first-order chi connectivity index (χ1) is 8.69. The molecule has 0 atom stereocenters. The first-order valence-electron chi connectivity index (χ1n) is 5.13. The number of aliphatic hydroxyl groups excluding tert-OH is 1. The number of benzene rings is 1. The van der Waals surface area contributed by atoms with Crippen LogP contribution in [0.3, 0.4) is 0 Å². The van der Waals surface area contributed by atoms with Gasteiger partial charge in [-0.3, -0.25) is 0 Å². The monoisotopic (exact) mass is 269 g/mol. The number of aromatic nitrogens is 3. The molecule has 0 bridgehead atoms. The predicted octanol–water partition coefficient (Wildman–Crippen LogP) is 1.43. The standard InChI is InChI=1S/C11H12ClN3O3/c1-17-10-4-9(11(18-2)3-8(10)12)15-5-7(6-16)13-14-15/h3-5,16H,6H2,1-2H3. The first kappa shape index (κ1) is 12.7. The average Bonchev–Trinajstić information content (AvgIpc) is 2.87. The Hall–Kier alpha value is -1.79. The van der Waals surface area contributed by atoms with E-state index in [1.807, 2.05) is 0 Å². The lowest BCUT2D eigenvalue weighted by Gasteiger charge is -2.11. The number of aliphatic hydroxyl groups is 1. The summed E-state index contributed by atoms with van der Waals surface area (Å²) < 4.78 is 11.9. The Morgan fingerprint density at radius 3 is 2.56 bits per heavy atom. The summed E-state index contributed by atoms with van der Waals surface area (Å²) in [5, 5.41) is 17.1. The zero-order chi connectivity index (χ0) is 13.1. The van der Waals surface area contributed by atoms with E-state index in [4.69, 9.17) is 26.2 Å². The van der Waals surface area contributed by atoms with Gasteiger partial charge in [-0.25, -0.2) is 4.68 Å². The van der Waals surface area contributed by atoms with E-state index in [9.17, 15) is 0 Å². The number of hydrogen-bond donors (Lipinski definition) is 1. The SMILES string of the molecule is COc1cc(-n2cc(CO)nn2)c(OC)cc1Cl. The Kier molecular flexibility index (Phi) is 3.69. The first-order valence-corrected chi connectivity index (χ1v) is 5.51. The van der Waals surface area contributed by atoms with Crippen LogP contribution in [-0.4, -0.2) is 34.3 Å². The summed E-state index contributed by atoms with van der Waals surface area (Å²) in [5.41, 5.74) is 1.09. The van der Waals surface area contributed by atoms with Gasteiger partial charge in [0.2, 0.25) is 0 Å². The van der Waals surface area contributed by atoms with Gasteiger partial charge >= 0.3 is 0 Å². The van der Waals surface area contributed by atoms with E-state index in [-0.39, 0.29) is 6.61 Å². The van der Waals surface area contributed by atoms with Crippen molar-refractivity contribution in [2.45, 2.75) is 6.61 Å². The van der Waals surface area contributed by atoms with Crippen molar-refractivity contribution in [2.75, 3.05) is 14.2 Å². The normalized spacial score (nSPS) is 10.4. The lowest BCUT2D eigenvalue weighted by atomic mass is 10.2. The second-order valence-electron chi connectivity index (χ2n) is 3.47. The highest BCUT2D eigenvalue weighted by atomic mass is 35.5. The van der Waals surface area contributed by atoms with E-state index < -0.39 is 0 Å². The molecular formula is C11H12ClN3O3. The van der Waals surface area contributed by atoms with E-state index >= 15 is 0 Å². The van der Waals surface area contributed by atoms with Crippen LogP contribution < -0.4 is 9.47 Å². The maximum absolute atomic E-state index is 8.98. The fourth-order valence-corrected chi connectivity index (χ4v) is 1.74. The highest BCUT2D eigenvalue weighted by Crippen LogP contribution is 2.34. The molecule has 7 heteroatoms. The van der Waals surface area contributed by atoms with Crippen molar-refractivity contribution in [3.8, 4) is 17.2 Å². The van der Waals surface area contributed by atoms with E-state index in [1.54, 1.807) is 18.3 Å². The van der Waals surface area contributed by atoms with E-state index in [2.05, 4.69) is 10.3 Å². The Labute approximate surface area is 109 Å². The zero-order valence-corrected chi connectivity index (χ0v) is 10.7. The minimum absolute atomic E-state index is 0.174. The van der Waals surface area contributed by atoms with Crippen molar-refractivity contribution in [3.05, 3.63) is 29.0 Å². The molecule has 2 aromatic rings. The zero-order valence-electron chi connectivity index (χ0n) is 9.92. The summed E-state index contributed by atoms with van der Waals surface area (Å²) in [6, 6.07) is 3.33. The minimum Gasteiger partial charge on any atom is -0.495 e. The van der Waals surface area contributed by atoms with Gasteiger partial charge in [0.05, 0.1) is 32.0 Å². The molecule has 0 aliphatic carbocycles. The van der Waals surface area contributed by atoms with Crippen LogP contribution in [0.5, 0.6) is 11.5 Å². The van der Waals surface area contributed by atoms with Gasteiger partial charge in [-0.2, -0.15) is 0 Å². The molecule has 0 spiro atoms. The van der Waals surface area contributed by atoms with Gasteiger partial charge in [-0.15, -0.1) is 5.10 Å². The molecule has 18 heavy (non-hydrogen) atoms. The molecule has 96 valence electrons. The molecule has 0 amide bonds. The molecule has 0 aliphatic rings. The molecule has 0 fully saturated rings. The van der Waals surface area contributed by atoms with Gasteiger partial charge in [0, 0.05) is 12.1 Å². The number of nitrogens with zero attached hydrogens (tertiary/aromatic N) is 3. The summed E-state index contributed by atoms with van der Waals surface area (Å²) >= 11 is 6.01. The second kappa shape index (κ2) is 5.24. The van der Waals surface area contributed by atoms with Crippen LogP contribution in [0.15, 0.2) is 18.3 Å². The molecule has 1 aromatic carbocycles. The molecule has 1 N–H and O–H groups in total. The third kappa shape index (κ3) is 2.25. The van der Waals surface area contributed by atoms with Gasteiger partial charge in [-0.1, -0.05) is 16.8 Å². The van der Waals surface area contributed by atoms with E-state index in [1.165, 1.54) is 18.9 Å². The fraction of sp³-hybridized carbons (Fsp3) is 0.273. The van der Waals surface area contributed by atoms with Crippen LogP contribution >= 0.6 is 11.6 Å². The maximum atomic E-state index is 8.98. The van der Waals surface area contributed by atoms with Gasteiger partial charge in [-0.05, 0) is 0 Å². The van der Waals surface area contributed by atoms with Crippen LogP contribution in [-0.2, 0) is 6.61 Å². The second-order valence-corrected chi connectivity index (χ2v) is 3.88. The number of halogens is 1. The third-order valence-electron chi connectivity index (χ3n) is 2.40. The van der Waals surface area contributed by atoms with Gasteiger partial charge in [0.1, 0.15) is 22.9 Å². The number of rotatable bonds is 4. The largest absolute Gasteiger partial charge is 0.495 e. The van der Waals surface area contributed by atoms with Crippen molar-refractivity contribution < 1.29 is 14.6 Å². The Morgan fingerprint density at radius 2 is 2.00 bits per heavy atom. The molecule has 0 radical (unpaired) electrons. The van der Waals surface area contributed by atoms with Gasteiger partial charge < -0.3 is 14.6 Å². The highest BCUT2D eigenvalue weighted by molar-refractivity contribution is 6.32. The number of ether oxygens (including phenoxy) is 2. The average molecular weight is 270 g/mol. The summed E-state index contributed by atoms with van der Waals surface area (Å²) in [6.07, 6.45) is 1.60. The number of methoxy groups -OCH3 is 2. The fourth-order valence-electron chi connectivity index (χ4n) is 1.51. The Balaban J connectivity index is 2.54. The molecule has 0 unspecified atom stereocenters. The molecular weight excluding hydrogens is 258 g/mol. The Bertz CT molecular complexity index is 556. The molecule has 6 nitrogen and oxygen atoms in total. The van der Waals surface area contributed by atoms with E-state index in [0.29, 0.717) is 27.9 Å². The topological polar surface area (TPSA) is 69.4 Å². The molecule has 0 saturated carbocycles. The Morgan fingerprint density at radius 1 is 1.28 bits per heavy atom. The molecule has 2 rings (SSSR count). The summed E-state index contributed by atoms with van der Waals surface area (Å²) in [4.78, 5) is 0. The molecule has 1 heterocycles. The van der Waals surface area contributed by atoms with Crippen LogP contribution in [0.25, 0.3) is 5.69 Å². The minimum atomic E-state index is -0.174. The van der Waals surface area contributed by atoms with Gasteiger partial charge in [0.25, 0.3) is 0 Å².